The summed E-state index contributed by atoms with van der Waals surface area (Å²) in [4.78, 5) is 2.88. The first-order chi connectivity index (χ1) is 9.34. The molecule has 1 aromatic rings. The van der Waals surface area contributed by atoms with Gasteiger partial charge in [-0.05, 0) is 32.1 Å². The lowest BCUT2D eigenvalue weighted by atomic mass is 9.84. The zero-order chi connectivity index (χ0) is 14.9. The maximum atomic E-state index is 9.20. The molecule has 1 aliphatic rings. The number of anilines is 2. The number of rotatable bonds is 3. The van der Waals surface area contributed by atoms with Crippen molar-refractivity contribution in [2.24, 2.45) is 5.41 Å². The highest BCUT2D eigenvalue weighted by Crippen LogP contribution is 2.47. The molecule has 2 rings (SSSR count). The molecule has 0 spiro atoms. The van der Waals surface area contributed by atoms with Crippen LogP contribution in [-0.4, -0.2) is 19.2 Å². The second-order valence-electron chi connectivity index (χ2n) is 6.45. The first-order valence-corrected chi connectivity index (χ1v) is 7.89. The van der Waals surface area contributed by atoms with Crippen molar-refractivity contribution < 1.29 is 4.74 Å². The van der Waals surface area contributed by atoms with Gasteiger partial charge in [-0.1, -0.05) is 13.8 Å². The van der Waals surface area contributed by atoms with Crippen molar-refractivity contribution in [3.63, 3.8) is 0 Å². The van der Waals surface area contributed by atoms with E-state index in [-0.39, 0.29) is 6.10 Å². The Kier molecular flexibility index (Phi) is 4.14. The molecule has 1 saturated heterocycles. The molecular formula is C15H23N3OS. The molecule has 0 saturated carbocycles. The number of hydrogen-bond donors (Lipinski definition) is 1. The minimum Gasteiger partial charge on any atom is -0.486 e. The molecule has 0 radical (unpaired) electrons. The number of thiophene rings is 1. The first-order valence-electron chi connectivity index (χ1n) is 7.08. The lowest BCUT2D eigenvalue weighted by molar-refractivity contribution is 0.242. The average molecular weight is 293 g/mol. The average Bonchev–Trinajstić information content (AvgIpc) is 2.65. The Balaban J connectivity index is 2.37. The molecule has 4 nitrogen and oxygen atoms in total. The summed E-state index contributed by atoms with van der Waals surface area (Å²) in [6.07, 6.45) is 2.44. The third-order valence-corrected chi connectivity index (χ3v) is 4.68. The van der Waals surface area contributed by atoms with Crippen LogP contribution in [-0.2, 0) is 0 Å². The van der Waals surface area contributed by atoms with E-state index in [1.54, 1.807) is 0 Å². The van der Waals surface area contributed by atoms with Gasteiger partial charge in [0.05, 0.1) is 6.10 Å². The number of piperidine rings is 1. The fourth-order valence-electron chi connectivity index (χ4n) is 2.65. The first kappa shape index (κ1) is 15.0. The maximum Gasteiger partial charge on any atom is 0.178 e. The molecule has 0 aromatic carbocycles. The van der Waals surface area contributed by atoms with Gasteiger partial charge >= 0.3 is 0 Å². The Bertz CT molecular complexity index is 528. The van der Waals surface area contributed by atoms with Crippen molar-refractivity contribution >= 4 is 22.0 Å². The third-order valence-electron chi connectivity index (χ3n) is 3.53. The van der Waals surface area contributed by atoms with E-state index < -0.39 is 0 Å². The Labute approximate surface area is 125 Å². The highest BCUT2D eigenvalue weighted by molar-refractivity contribution is 7.17. The molecule has 0 bridgehead atoms. The lowest BCUT2D eigenvalue weighted by Crippen LogP contribution is -2.39. The highest BCUT2D eigenvalue weighted by atomic mass is 32.1. The van der Waals surface area contributed by atoms with Crippen LogP contribution in [0.15, 0.2) is 0 Å². The topological polar surface area (TPSA) is 62.3 Å². The summed E-state index contributed by atoms with van der Waals surface area (Å²) in [6.45, 7) is 10.5. The Morgan fingerprint density at radius 1 is 1.45 bits per heavy atom. The van der Waals surface area contributed by atoms with Crippen molar-refractivity contribution in [3.8, 4) is 11.8 Å². The standard InChI is InChI=1S/C15H23N3OS/c1-10(2)19-13-12(17)11(8-16)20-14(13)18-7-5-6-15(3,4)9-18/h10H,5-7,9,17H2,1-4H3. The van der Waals surface area contributed by atoms with Crippen molar-refractivity contribution in [1.29, 1.82) is 5.26 Å². The van der Waals surface area contributed by atoms with Crippen LogP contribution in [0.5, 0.6) is 5.75 Å². The second kappa shape index (κ2) is 5.53. The number of ether oxygens (including phenoxy) is 1. The van der Waals surface area contributed by atoms with Gasteiger partial charge in [0.15, 0.2) is 5.75 Å². The maximum absolute atomic E-state index is 9.20. The summed E-state index contributed by atoms with van der Waals surface area (Å²) in [7, 11) is 0. The zero-order valence-corrected chi connectivity index (χ0v) is 13.5. The van der Waals surface area contributed by atoms with Crippen LogP contribution in [0.2, 0.25) is 0 Å². The van der Waals surface area contributed by atoms with E-state index in [1.807, 2.05) is 13.8 Å². The normalized spacial score (nSPS) is 18.1. The van der Waals surface area contributed by atoms with Crippen LogP contribution < -0.4 is 15.4 Å². The summed E-state index contributed by atoms with van der Waals surface area (Å²) >= 11 is 1.45. The predicted molar refractivity (Wildman–Crippen MR) is 84.4 cm³/mol. The molecule has 20 heavy (non-hydrogen) atoms. The Hall–Kier alpha value is -1.41. The number of nitriles is 1. The molecule has 0 amide bonds. The van der Waals surface area contributed by atoms with Gasteiger partial charge in [0, 0.05) is 13.1 Å². The molecule has 0 aliphatic carbocycles. The van der Waals surface area contributed by atoms with Crippen LogP contribution in [0.1, 0.15) is 45.4 Å². The van der Waals surface area contributed by atoms with Crippen LogP contribution in [0.3, 0.4) is 0 Å². The summed E-state index contributed by atoms with van der Waals surface area (Å²) < 4.78 is 5.87. The van der Waals surface area contributed by atoms with Crippen LogP contribution in [0, 0.1) is 16.7 Å². The van der Waals surface area contributed by atoms with Gasteiger partial charge in [-0.25, -0.2) is 0 Å². The molecular weight excluding hydrogens is 270 g/mol. The number of nitrogen functional groups attached to an aromatic ring is 1. The zero-order valence-electron chi connectivity index (χ0n) is 12.7. The lowest BCUT2D eigenvalue weighted by Gasteiger charge is -2.39. The fraction of sp³-hybridized carbons (Fsp3) is 0.667. The minimum atomic E-state index is 0.0509. The smallest absolute Gasteiger partial charge is 0.178 e. The van der Waals surface area contributed by atoms with Crippen LogP contribution in [0.25, 0.3) is 0 Å². The van der Waals surface area contributed by atoms with Crippen LogP contribution in [0.4, 0.5) is 10.7 Å². The molecule has 1 aliphatic heterocycles. The van der Waals surface area contributed by atoms with Gasteiger partial charge in [-0.2, -0.15) is 5.26 Å². The molecule has 2 N–H and O–H groups in total. The molecule has 110 valence electrons. The molecule has 5 heteroatoms. The van der Waals surface area contributed by atoms with Crippen molar-refractivity contribution in [1.82, 2.24) is 0 Å². The second-order valence-corrected chi connectivity index (χ2v) is 7.45. The summed E-state index contributed by atoms with van der Waals surface area (Å²) in [5, 5.41) is 10.2. The molecule has 0 unspecified atom stereocenters. The molecule has 0 atom stereocenters. The molecule has 1 fully saturated rings. The largest absolute Gasteiger partial charge is 0.486 e. The molecule has 1 aromatic heterocycles. The Morgan fingerprint density at radius 3 is 2.70 bits per heavy atom. The van der Waals surface area contributed by atoms with Gasteiger partial charge in [0.2, 0.25) is 0 Å². The highest BCUT2D eigenvalue weighted by Gasteiger charge is 2.31. The van der Waals surface area contributed by atoms with E-state index in [0.717, 1.165) is 24.5 Å². The number of nitrogens with two attached hydrogens (primary N) is 1. The van der Waals surface area contributed by atoms with Crippen LogP contribution >= 0.6 is 11.3 Å². The monoisotopic (exact) mass is 293 g/mol. The van der Waals surface area contributed by atoms with Gasteiger partial charge in [0.1, 0.15) is 21.6 Å². The summed E-state index contributed by atoms with van der Waals surface area (Å²) in [5.41, 5.74) is 6.85. The molecule has 2 heterocycles. The minimum absolute atomic E-state index is 0.0509. The predicted octanol–water partition coefficient (Wildman–Crippen LogP) is 3.62. The summed E-state index contributed by atoms with van der Waals surface area (Å²) in [5.74, 6) is 0.694. The van der Waals surface area contributed by atoms with Gasteiger partial charge in [-0.15, -0.1) is 11.3 Å². The SMILES string of the molecule is CC(C)Oc1c(N2CCCC(C)(C)C2)sc(C#N)c1N. The van der Waals surface area contributed by atoms with Gasteiger partial charge < -0.3 is 15.4 Å². The van der Waals surface area contributed by atoms with Crippen molar-refractivity contribution in [2.45, 2.75) is 46.6 Å². The van der Waals surface area contributed by atoms with Crippen molar-refractivity contribution in [3.05, 3.63) is 4.88 Å². The van der Waals surface area contributed by atoms with E-state index >= 15 is 0 Å². The van der Waals surface area contributed by atoms with Gasteiger partial charge in [0.25, 0.3) is 0 Å². The van der Waals surface area contributed by atoms with E-state index in [9.17, 15) is 5.26 Å². The summed E-state index contributed by atoms with van der Waals surface area (Å²) in [6, 6.07) is 2.18. The third kappa shape index (κ3) is 3.01. The van der Waals surface area contributed by atoms with E-state index in [4.69, 9.17) is 10.5 Å². The van der Waals surface area contributed by atoms with E-state index in [2.05, 4.69) is 24.8 Å². The van der Waals surface area contributed by atoms with E-state index in [1.165, 1.54) is 17.8 Å². The van der Waals surface area contributed by atoms with Crippen molar-refractivity contribution in [2.75, 3.05) is 23.7 Å². The van der Waals surface area contributed by atoms with E-state index in [0.29, 0.717) is 21.7 Å². The fourth-order valence-corrected chi connectivity index (χ4v) is 3.63. The van der Waals surface area contributed by atoms with Gasteiger partial charge in [-0.3, -0.25) is 0 Å². The quantitative estimate of drug-likeness (QED) is 0.924. The number of hydrogen-bond acceptors (Lipinski definition) is 5. The number of nitrogens with zero attached hydrogens (tertiary/aromatic N) is 2. The Morgan fingerprint density at radius 2 is 2.15 bits per heavy atom.